The Morgan fingerprint density at radius 2 is 2.35 bits per heavy atom. The Balaban J connectivity index is 2.36. The summed E-state index contributed by atoms with van der Waals surface area (Å²) < 4.78 is 15.9. The van der Waals surface area contributed by atoms with Crippen molar-refractivity contribution in [1.82, 2.24) is 14.7 Å². The third-order valence-corrected chi connectivity index (χ3v) is 3.20. The maximum atomic E-state index is 13.5. The third-order valence-electron chi connectivity index (χ3n) is 2.40. The quantitative estimate of drug-likeness (QED) is 0.738. The van der Waals surface area contributed by atoms with Gasteiger partial charge < -0.3 is 10.6 Å². The van der Waals surface area contributed by atoms with Crippen LogP contribution < -0.4 is 16.2 Å². The molecular formula is C12H9FN4O2S. The summed E-state index contributed by atoms with van der Waals surface area (Å²) in [6.45, 7) is 0. The first kappa shape index (κ1) is 13.8. The molecule has 0 aromatic carbocycles. The summed E-state index contributed by atoms with van der Waals surface area (Å²) in [5.74, 6) is 1.12. The van der Waals surface area contributed by atoms with Crippen LogP contribution in [0.15, 0.2) is 17.1 Å². The van der Waals surface area contributed by atoms with Crippen LogP contribution in [-0.4, -0.2) is 22.3 Å². The van der Waals surface area contributed by atoms with E-state index in [1.165, 1.54) is 13.2 Å². The van der Waals surface area contributed by atoms with Gasteiger partial charge in [-0.15, -0.1) is 6.42 Å². The highest BCUT2D eigenvalue weighted by Gasteiger charge is 2.18. The van der Waals surface area contributed by atoms with E-state index in [-0.39, 0.29) is 21.9 Å². The average molecular weight is 292 g/mol. The Morgan fingerprint density at radius 1 is 1.60 bits per heavy atom. The van der Waals surface area contributed by atoms with E-state index in [4.69, 9.17) is 6.42 Å². The number of nitrogens with one attached hydrogen (secondary N) is 3. The first-order chi connectivity index (χ1) is 9.56. The number of aromatic amines is 1. The van der Waals surface area contributed by atoms with Gasteiger partial charge in [0.1, 0.15) is 22.2 Å². The van der Waals surface area contributed by atoms with Crippen LogP contribution in [0.5, 0.6) is 0 Å². The molecule has 0 fully saturated rings. The van der Waals surface area contributed by atoms with Crippen LogP contribution in [0, 0.1) is 18.2 Å². The zero-order valence-corrected chi connectivity index (χ0v) is 11.1. The molecule has 1 amide bonds. The molecule has 0 bridgehead atoms. The van der Waals surface area contributed by atoms with Crippen molar-refractivity contribution >= 4 is 28.3 Å². The molecule has 0 aliphatic carbocycles. The van der Waals surface area contributed by atoms with E-state index in [0.29, 0.717) is 0 Å². The normalized spacial score (nSPS) is 9.85. The minimum absolute atomic E-state index is 0.0318. The molecule has 3 N–H and O–H groups in total. The molecule has 0 unspecified atom stereocenters. The van der Waals surface area contributed by atoms with E-state index in [9.17, 15) is 14.0 Å². The molecule has 2 aromatic rings. The number of aromatic nitrogens is 2. The van der Waals surface area contributed by atoms with Crippen molar-refractivity contribution in [2.45, 2.75) is 0 Å². The fourth-order valence-corrected chi connectivity index (χ4v) is 2.18. The van der Waals surface area contributed by atoms with Gasteiger partial charge in [-0.1, -0.05) is 5.92 Å². The summed E-state index contributed by atoms with van der Waals surface area (Å²) in [4.78, 5) is 27.0. The summed E-state index contributed by atoms with van der Waals surface area (Å²) in [6.07, 6.45) is 6.28. The number of hydrogen-bond acceptors (Lipinski definition) is 5. The minimum atomic E-state index is -0.616. The number of nitrogens with zero attached hydrogens (tertiary/aromatic N) is 1. The first-order valence-corrected chi connectivity index (χ1v) is 6.21. The minimum Gasteiger partial charge on any atom is -0.355 e. The molecule has 102 valence electrons. The Hall–Kier alpha value is -2.66. The Kier molecular flexibility index (Phi) is 3.81. The van der Waals surface area contributed by atoms with Crippen LogP contribution in [0.1, 0.15) is 15.9 Å². The molecule has 0 radical (unpaired) electrons. The number of terminal acetylenes is 1. The number of anilines is 2. The van der Waals surface area contributed by atoms with Crippen LogP contribution >= 0.6 is 11.5 Å². The van der Waals surface area contributed by atoms with E-state index in [0.717, 1.165) is 17.6 Å². The summed E-state index contributed by atoms with van der Waals surface area (Å²) in [7, 11) is 1.41. The molecule has 0 aliphatic heterocycles. The molecule has 0 spiro atoms. The average Bonchev–Trinajstić information content (AvgIpc) is 2.79. The lowest BCUT2D eigenvalue weighted by Gasteiger charge is -2.05. The fraction of sp³-hybridized carbons (Fsp3) is 0.0833. The number of hydrogen-bond donors (Lipinski definition) is 3. The Morgan fingerprint density at radius 3 is 2.95 bits per heavy atom. The number of carbonyl (C=O) groups excluding carboxylic acids is 1. The standard InChI is InChI=1S/C12H9FN4O2S/c1-3-6-5-15-8(4-7(6)13)16-12-9(10(18)14-2)11(19)17-20-12/h1,4-5H,2H3,(H,14,18)(H,15,16)(H,17,19). The van der Waals surface area contributed by atoms with E-state index in [1.54, 1.807) is 0 Å². The molecule has 2 aromatic heterocycles. The van der Waals surface area contributed by atoms with Crippen LogP contribution in [0.25, 0.3) is 0 Å². The maximum absolute atomic E-state index is 13.5. The van der Waals surface area contributed by atoms with Crippen molar-refractivity contribution in [2.24, 2.45) is 0 Å². The highest BCUT2D eigenvalue weighted by molar-refractivity contribution is 7.10. The zero-order chi connectivity index (χ0) is 14.7. The van der Waals surface area contributed by atoms with Gasteiger partial charge in [-0.25, -0.2) is 9.37 Å². The van der Waals surface area contributed by atoms with Gasteiger partial charge in [-0.05, 0) is 11.5 Å². The molecule has 2 heterocycles. The van der Waals surface area contributed by atoms with E-state index < -0.39 is 17.3 Å². The van der Waals surface area contributed by atoms with Crippen molar-refractivity contribution in [2.75, 3.05) is 12.4 Å². The largest absolute Gasteiger partial charge is 0.355 e. The number of pyridine rings is 1. The van der Waals surface area contributed by atoms with Gasteiger partial charge >= 0.3 is 0 Å². The smallest absolute Gasteiger partial charge is 0.273 e. The molecule has 2 rings (SSSR count). The lowest BCUT2D eigenvalue weighted by atomic mass is 10.2. The number of halogens is 1. The van der Waals surface area contributed by atoms with Crippen molar-refractivity contribution in [1.29, 1.82) is 0 Å². The molecule has 0 saturated heterocycles. The molecule has 6 nitrogen and oxygen atoms in total. The van der Waals surface area contributed by atoms with E-state index >= 15 is 0 Å². The number of rotatable bonds is 3. The SMILES string of the molecule is C#Cc1cnc(Nc2s[nH]c(=O)c2C(=O)NC)cc1F. The summed E-state index contributed by atoms with van der Waals surface area (Å²) in [6, 6.07) is 1.09. The maximum Gasteiger partial charge on any atom is 0.273 e. The van der Waals surface area contributed by atoms with Crippen LogP contribution in [0.3, 0.4) is 0 Å². The van der Waals surface area contributed by atoms with Crippen molar-refractivity contribution < 1.29 is 9.18 Å². The highest BCUT2D eigenvalue weighted by Crippen LogP contribution is 2.22. The van der Waals surface area contributed by atoms with E-state index in [1.807, 2.05) is 0 Å². The van der Waals surface area contributed by atoms with Crippen molar-refractivity contribution in [3.63, 3.8) is 0 Å². The lowest BCUT2D eigenvalue weighted by Crippen LogP contribution is -2.24. The van der Waals surface area contributed by atoms with Crippen molar-refractivity contribution in [3.8, 4) is 12.3 Å². The van der Waals surface area contributed by atoms with Gasteiger partial charge in [-0.2, -0.15) is 0 Å². The van der Waals surface area contributed by atoms with Crippen molar-refractivity contribution in [3.05, 3.63) is 39.6 Å². The number of carbonyl (C=O) groups is 1. The molecule has 0 atom stereocenters. The molecule has 0 saturated carbocycles. The summed E-state index contributed by atoms with van der Waals surface area (Å²) in [5.41, 5.74) is -0.581. The van der Waals surface area contributed by atoms with Gasteiger partial charge in [0.2, 0.25) is 0 Å². The Labute approximate surface area is 117 Å². The van der Waals surface area contributed by atoms with E-state index in [2.05, 4.69) is 25.9 Å². The second-order valence-corrected chi connectivity index (χ2v) is 4.45. The second-order valence-electron chi connectivity index (χ2n) is 3.64. The van der Waals surface area contributed by atoms with Gasteiger partial charge in [0.05, 0.1) is 5.56 Å². The summed E-state index contributed by atoms with van der Waals surface area (Å²) in [5, 5.41) is 5.30. The van der Waals surface area contributed by atoms with Crippen LogP contribution in [-0.2, 0) is 0 Å². The summed E-state index contributed by atoms with van der Waals surface area (Å²) >= 11 is 0.918. The van der Waals surface area contributed by atoms with Crippen LogP contribution in [0.4, 0.5) is 15.2 Å². The van der Waals surface area contributed by atoms with Gasteiger partial charge in [0, 0.05) is 19.3 Å². The number of H-pyrrole nitrogens is 1. The van der Waals surface area contributed by atoms with Gasteiger partial charge in [0.25, 0.3) is 11.5 Å². The topological polar surface area (TPSA) is 86.9 Å². The molecular weight excluding hydrogens is 283 g/mol. The first-order valence-electron chi connectivity index (χ1n) is 5.39. The van der Waals surface area contributed by atoms with Crippen LogP contribution in [0.2, 0.25) is 0 Å². The third kappa shape index (κ3) is 2.53. The zero-order valence-electron chi connectivity index (χ0n) is 10.3. The second kappa shape index (κ2) is 5.54. The monoisotopic (exact) mass is 292 g/mol. The number of amides is 1. The Bertz CT molecular complexity index is 760. The predicted octanol–water partition coefficient (Wildman–Crippen LogP) is 1.05. The van der Waals surface area contributed by atoms with Gasteiger partial charge in [-0.3, -0.25) is 14.0 Å². The molecule has 20 heavy (non-hydrogen) atoms. The predicted molar refractivity (Wildman–Crippen MR) is 73.7 cm³/mol. The molecule has 0 aliphatic rings. The highest BCUT2D eigenvalue weighted by atomic mass is 32.1. The van der Waals surface area contributed by atoms with Gasteiger partial charge in [0.15, 0.2) is 0 Å². The fourth-order valence-electron chi connectivity index (χ4n) is 1.44. The lowest BCUT2D eigenvalue weighted by molar-refractivity contribution is 0.0963. The molecule has 8 heteroatoms.